The Balaban J connectivity index is 2.18. The van der Waals surface area contributed by atoms with E-state index in [0.29, 0.717) is 6.04 Å². The number of para-hydroxylation sites is 1. The lowest BCUT2D eigenvalue weighted by Gasteiger charge is -2.30. The molecule has 1 aliphatic rings. The van der Waals surface area contributed by atoms with Gasteiger partial charge < -0.3 is 9.80 Å². The summed E-state index contributed by atoms with van der Waals surface area (Å²) in [5.74, 6) is 6.41. The molecule has 1 saturated heterocycles. The SMILES string of the molecule is CC1CN(C)CCCN1C(=Nc1ccccc1)NN. The second-order valence-electron chi connectivity index (χ2n) is 5.07. The maximum atomic E-state index is 5.66. The molecule has 1 aromatic carbocycles. The Morgan fingerprint density at radius 1 is 1.32 bits per heavy atom. The quantitative estimate of drug-likeness (QED) is 0.345. The number of guanidine groups is 1. The number of nitrogens with two attached hydrogens (primary N) is 1. The fraction of sp³-hybridized carbons (Fsp3) is 0.500. The van der Waals surface area contributed by atoms with Gasteiger partial charge in [0.05, 0.1) is 5.69 Å². The fourth-order valence-corrected chi connectivity index (χ4v) is 2.49. The summed E-state index contributed by atoms with van der Waals surface area (Å²) in [6.45, 7) is 5.32. The normalized spacial score (nSPS) is 22.2. The van der Waals surface area contributed by atoms with Crippen molar-refractivity contribution in [3.63, 3.8) is 0 Å². The largest absolute Gasteiger partial charge is 0.338 e. The molecule has 104 valence electrons. The zero-order valence-electron chi connectivity index (χ0n) is 11.7. The Morgan fingerprint density at radius 3 is 2.74 bits per heavy atom. The van der Waals surface area contributed by atoms with Gasteiger partial charge in [0.25, 0.3) is 0 Å². The zero-order chi connectivity index (χ0) is 13.7. The first-order valence-electron chi connectivity index (χ1n) is 6.76. The minimum atomic E-state index is 0.394. The molecule has 1 fully saturated rings. The van der Waals surface area contributed by atoms with Gasteiger partial charge in [-0.1, -0.05) is 18.2 Å². The van der Waals surface area contributed by atoms with Crippen LogP contribution in [-0.4, -0.2) is 48.5 Å². The van der Waals surface area contributed by atoms with Crippen LogP contribution in [0, 0.1) is 0 Å². The number of hydrogen-bond acceptors (Lipinski definition) is 3. The molecular formula is C14H23N5. The van der Waals surface area contributed by atoms with Gasteiger partial charge in [0.2, 0.25) is 5.96 Å². The molecule has 5 heteroatoms. The van der Waals surface area contributed by atoms with Gasteiger partial charge in [-0.3, -0.25) is 5.43 Å². The lowest BCUT2D eigenvalue weighted by atomic mass is 10.3. The van der Waals surface area contributed by atoms with Crippen molar-refractivity contribution in [3.8, 4) is 0 Å². The zero-order valence-corrected chi connectivity index (χ0v) is 11.7. The van der Waals surface area contributed by atoms with Gasteiger partial charge in [0, 0.05) is 19.1 Å². The van der Waals surface area contributed by atoms with Gasteiger partial charge in [-0.15, -0.1) is 0 Å². The van der Waals surface area contributed by atoms with E-state index in [-0.39, 0.29) is 0 Å². The monoisotopic (exact) mass is 261 g/mol. The third-order valence-electron chi connectivity index (χ3n) is 3.44. The van der Waals surface area contributed by atoms with Crippen LogP contribution in [0.25, 0.3) is 0 Å². The molecule has 0 bridgehead atoms. The van der Waals surface area contributed by atoms with Crippen LogP contribution in [0.4, 0.5) is 5.69 Å². The van der Waals surface area contributed by atoms with Crippen LogP contribution < -0.4 is 11.3 Å². The van der Waals surface area contributed by atoms with Crippen LogP contribution >= 0.6 is 0 Å². The summed E-state index contributed by atoms with van der Waals surface area (Å²) in [5.41, 5.74) is 3.67. The van der Waals surface area contributed by atoms with Crippen LogP contribution in [0.15, 0.2) is 35.3 Å². The number of rotatable bonds is 1. The van der Waals surface area contributed by atoms with Crippen molar-refractivity contribution < 1.29 is 0 Å². The van der Waals surface area contributed by atoms with Gasteiger partial charge in [-0.25, -0.2) is 10.8 Å². The number of benzene rings is 1. The van der Waals surface area contributed by atoms with Crippen LogP contribution in [-0.2, 0) is 0 Å². The number of nitrogens with one attached hydrogen (secondary N) is 1. The summed E-state index contributed by atoms with van der Waals surface area (Å²) in [7, 11) is 2.16. The van der Waals surface area contributed by atoms with Crippen LogP contribution in [0.2, 0.25) is 0 Å². The molecule has 1 heterocycles. The predicted octanol–water partition coefficient (Wildman–Crippen LogP) is 1.16. The Kier molecular flexibility index (Phi) is 4.76. The van der Waals surface area contributed by atoms with Gasteiger partial charge in [-0.2, -0.15) is 0 Å². The molecule has 3 N–H and O–H groups in total. The van der Waals surface area contributed by atoms with Gasteiger partial charge in [0.1, 0.15) is 0 Å². The molecule has 0 spiro atoms. The van der Waals surface area contributed by atoms with Crippen molar-refractivity contribution in [1.29, 1.82) is 0 Å². The van der Waals surface area contributed by atoms with Crippen molar-refractivity contribution in [2.75, 3.05) is 26.7 Å². The van der Waals surface area contributed by atoms with E-state index in [2.05, 4.69) is 34.2 Å². The highest BCUT2D eigenvalue weighted by atomic mass is 15.4. The minimum Gasteiger partial charge on any atom is -0.338 e. The highest BCUT2D eigenvalue weighted by Crippen LogP contribution is 2.14. The molecule has 0 saturated carbocycles. The number of likely N-dealkylation sites (N-methyl/N-ethyl adjacent to an activating group) is 1. The van der Waals surface area contributed by atoms with Crippen LogP contribution in [0.3, 0.4) is 0 Å². The summed E-state index contributed by atoms with van der Waals surface area (Å²) >= 11 is 0. The van der Waals surface area contributed by atoms with E-state index in [4.69, 9.17) is 5.84 Å². The molecule has 2 rings (SSSR count). The van der Waals surface area contributed by atoms with Crippen molar-refractivity contribution in [1.82, 2.24) is 15.2 Å². The van der Waals surface area contributed by atoms with E-state index in [1.54, 1.807) is 0 Å². The van der Waals surface area contributed by atoms with Crippen LogP contribution in [0.5, 0.6) is 0 Å². The summed E-state index contributed by atoms with van der Waals surface area (Å²) < 4.78 is 0. The van der Waals surface area contributed by atoms with E-state index in [0.717, 1.165) is 37.7 Å². The summed E-state index contributed by atoms with van der Waals surface area (Å²) in [5, 5.41) is 0. The van der Waals surface area contributed by atoms with Crippen molar-refractivity contribution in [2.24, 2.45) is 10.8 Å². The molecule has 1 unspecified atom stereocenters. The molecule has 0 radical (unpaired) electrons. The maximum Gasteiger partial charge on any atom is 0.213 e. The van der Waals surface area contributed by atoms with Crippen molar-refractivity contribution in [2.45, 2.75) is 19.4 Å². The number of nitrogens with zero attached hydrogens (tertiary/aromatic N) is 3. The molecule has 0 aromatic heterocycles. The second-order valence-corrected chi connectivity index (χ2v) is 5.07. The lowest BCUT2D eigenvalue weighted by Crippen LogP contribution is -2.50. The lowest BCUT2D eigenvalue weighted by molar-refractivity contribution is 0.280. The fourth-order valence-electron chi connectivity index (χ4n) is 2.49. The van der Waals surface area contributed by atoms with Crippen molar-refractivity contribution in [3.05, 3.63) is 30.3 Å². The average molecular weight is 261 g/mol. The molecule has 19 heavy (non-hydrogen) atoms. The van der Waals surface area contributed by atoms with E-state index in [1.807, 2.05) is 30.3 Å². The second kappa shape index (κ2) is 6.54. The first-order chi connectivity index (χ1) is 9.20. The van der Waals surface area contributed by atoms with E-state index in [1.165, 1.54) is 0 Å². The average Bonchev–Trinajstić information content (AvgIpc) is 2.58. The van der Waals surface area contributed by atoms with E-state index >= 15 is 0 Å². The number of hydrogen-bond donors (Lipinski definition) is 2. The standard InChI is InChI=1S/C14H23N5/c1-12-11-18(2)9-6-10-19(12)14(17-15)16-13-7-4-3-5-8-13/h3-5,7-8,12H,6,9-11,15H2,1-2H3,(H,16,17). The molecule has 1 aromatic rings. The Labute approximate surface area is 115 Å². The number of aliphatic imine (C=N–C) groups is 1. The van der Waals surface area contributed by atoms with Crippen LogP contribution in [0.1, 0.15) is 13.3 Å². The van der Waals surface area contributed by atoms with Gasteiger partial charge in [-0.05, 0) is 39.1 Å². The van der Waals surface area contributed by atoms with Crippen molar-refractivity contribution >= 4 is 11.6 Å². The minimum absolute atomic E-state index is 0.394. The highest BCUT2D eigenvalue weighted by molar-refractivity contribution is 5.82. The first kappa shape index (κ1) is 13.8. The van der Waals surface area contributed by atoms with E-state index in [9.17, 15) is 0 Å². The molecule has 1 atom stereocenters. The Hall–Kier alpha value is -1.59. The first-order valence-corrected chi connectivity index (χ1v) is 6.76. The van der Waals surface area contributed by atoms with Gasteiger partial charge in [0.15, 0.2) is 0 Å². The Bertz CT molecular complexity index is 417. The molecular weight excluding hydrogens is 238 g/mol. The van der Waals surface area contributed by atoms with E-state index < -0.39 is 0 Å². The highest BCUT2D eigenvalue weighted by Gasteiger charge is 2.22. The number of hydrazine groups is 1. The van der Waals surface area contributed by atoms with Gasteiger partial charge >= 0.3 is 0 Å². The molecule has 1 aliphatic heterocycles. The maximum absolute atomic E-state index is 5.66. The summed E-state index contributed by atoms with van der Waals surface area (Å²) in [4.78, 5) is 9.20. The topological polar surface area (TPSA) is 56.9 Å². The smallest absolute Gasteiger partial charge is 0.213 e. The summed E-state index contributed by atoms with van der Waals surface area (Å²) in [6.07, 6.45) is 1.12. The molecule has 0 amide bonds. The molecule has 5 nitrogen and oxygen atoms in total. The third kappa shape index (κ3) is 3.68. The third-order valence-corrected chi connectivity index (χ3v) is 3.44. The molecule has 0 aliphatic carbocycles. The summed E-state index contributed by atoms with van der Waals surface area (Å²) in [6, 6.07) is 10.3. The Morgan fingerprint density at radius 2 is 2.05 bits per heavy atom. The predicted molar refractivity (Wildman–Crippen MR) is 79.1 cm³/mol.